The summed E-state index contributed by atoms with van der Waals surface area (Å²) in [6.07, 6.45) is 0. The molecule has 1 heterocycles. The molecule has 11 aromatic carbocycles. The summed E-state index contributed by atoms with van der Waals surface area (Å²) < 4.78 is 6.58. The number of benzene rings is 11. The molecule has 254 valence electrons. The van der Waals surface area contributed by atoms with E-state index in [1.54, 1.807) is 0 Å². The van der Waals surface area contributed by atoms with Gasteiger partial charge in [0.25, 0.3) is 0 Å². The van der Waals surface area contributed by atoms with Crippen molar-refractivity contribution in [1.29, 1.82) is 0 Å². The van der Waals surface area contributed by atoms with E-state index in [0.717, 1.165) is 27.3 Å². The molecular weight excluding hydrogens is 665 g/mol. The molecule has 12 aromatic rings. The van der Waals surface area contributed by atoms with E-state index in [0.29, 0.717) is 0 Å². The van der Waals surface area contributed by atoms with Crippen molar-refractivity contribution in [2.45, 2.75) is 0 Å². The van der Waals surface area contributed by atoms with Gasteiger partial charge >= 0.3 is 0 Å². The van der Waals surface area contributed by atoms with E-state index in [-0.39, 0.29) is 0 Å². The molecule has 0 atom stereocenters. The lowest BCUT2D eigenvalue weighted by Gasteiger charge is -2.20. The van der Waals surface area contributed by atoms with Gasteiger partial charge in [0.2, 0.25) is 0 Å². The van der Waals surface area contributed by atoms with Crippen molar-refractivity contribution in [1.82, 2.24) is 0 Å². The van der Waals surface area contributed by atoms with Gasteiger partial charge in [0.15, 0.2) is 0 Å². The summed E-state index contributed by atoms with van der Waals surface area (Å²) in [6.45, 7) is 0. The van der Waals surface area contributed by atoms with Crippen molar-refractivity contribution in [2.24, 2.45) is 0 Å². The zero-order chi connectivity index (χ0) is 36.0. The number of hydrogen-bond acceptors (Lipinski definition) is 1. The highest BCUT2D eigenvalue weighted by atomic mass is 16.3. The number of fused-ring (bicyclic) bond motifs is 10. The number of furan rings is 1. The Kier molecular flexibility index (Phi) is 6.40. The van der Waals surface area contributed by atoms with Gasteiger partial charge in [0, 0.05) is 16.2 Å². The van der Waals surface area contributed by atoms with Gasteiger partial charge in [0.05, 0.1) is 0 Å². The second kappa shape index (κ2) is 11.6. The molecule has 0 radical (unpaired) electrons. The molecule has 0 aliphatic carbocycles. The van der Waals surface area contributed by atoms with Gasteiger partial charge in [-0.15, -0.1) is 0 Å². The fraction of sp³-hybridized carbons (Fsp3) is 0. The third-order valence-electron chi connectivity index (χ3n) is 11.8. The number of rotatable bonds is 3. The topological polar surface area (TPSA) is 13.1 Å². The summed E-state index contributed by atoms with van der Waals surface area (Å²) in [7, 11) is 0. The predicted molar refractivity (Wildman–Crippen MR) is 235 cm³/mol. The van der Waals surface area contributed by atoms with Crippen molar-refractivity contribution < 1.29 is 4.42 Å². The van der Waals surface area contributed by atoms with Gasteiger partial charge in [0.1, 0.15) is 11.2 Å². The molecule has 1 aromatic heterocycles. The first-order valence-corrected chi connectivity index (χ1v) is 19.0. The van der Waals surface area contributed by atoms with Crippen molar-refractivity contribution in [3.63, 3.8) is 0 Å². The maximum atomic E-state index is 6.58. The molecule has 0 saturated carbocycles. The average molecular weight is 697 g/mol. The molecule has 55 heavy (non-hydrogen) atoms. The smallest absolute Gasteiger partial charge is 0.143 e. The highest BCUT2D eigenvalue weighted by Gasteiger charge is 2.20. The van der Waals surface area contributed by atoms with E-state index in [1.807, 2.05) is 0 Å². The summed E-state index contributed by atoms with van der Waals surface area (Å²) >= 11 is 0. The molecule has 0 N–H and O–H groups in total. The molecule has 12 rings (SSSR count). The fourth-order valence-corrected chi connectivity index (χ4v) is 9.26. The normalized spacial score (nSPS) is 12.0. The van der Waals surface area contributed by atoms with Crippen LogP contribution in [0.25, 0.3) is 120 Å². The Morgan fingerprint density at radius 3 is 1.45 bits per heavy atom. The third-order valence-corrected chi connectivity index (χ3v) is 11.8. The quantitative estimate of drug-likeness (QED) is 0.168. The van der Waals surface area contributed by atoms with Crippen LogP contribution in [0, 0.1) is 0 Å². The van der Waals surface area contributed by atoms with Crippen molar-refractivity contribution in [2.75, 3.05) is 0 Å². The van der Waals surface area contributed by atoms with Crippen LogP contribution in [0.1, 0.15) is 0 Å². The van der Waals surface area contributed by atoms with Gasteiger partial charge in [-0.2, -0.15) is 0 Å². The molecular formula is C54H32O. The van der Waals surface area contributed by atoms with Crippen molar-refractivity contribution >= 4 is 86.6 Å². The zero-order valence-electron chi connectivity index (χ0n) is 29.9. The Bertz CT molecular complexity index is 3490. The molecule has 0 bridgehead atoms. The minimum absolute atomic E-state index is 0.928. The van der Waals surface area contributed by atoms with Gasteiger partial charge in [-0.25, -0.2) is 0 Å². The lowest BCUT2D eigenvalue weighted by atomic mass is 9.83. The van der Waals surface area contributed by atoms with Gasteiger partial charge in [-0.3, -0.25) is 0 Å². The van der Waals surface area contributed by atoms with E-state index < -0.39 is 0 Å². The molecule has 0 aliphatic rings. The summed E-state index contributed by atoms with van der Waals surface area (Å²) in [5.41, 5.74) is 9.33. The maximum Gasteiger partial charge on any atom is 0.143 e. The highest BCUT2D eigenvalue weighted by Crippen LogP contribution is 2.47. The second-order valence-electron chi connectivity index (χ2n) is 14.8. The molecule has 0 spiro atoms. The summed E-state index contributed by atoms with van der Waals surface area (Å²) in [5.74, 6) is 0. The Labute approximate surface area is 317 Å². The second-order valence-corrected chi connectivity index (χ2v) is 14.8. The third kappa shape index (κ3) is 4.54. The Morgan fingerprint density at radius 1 is 0.255 bits per heavy atom. The lowest BCUT2D eigenvalue weighted by Crippen LogP contribution is -1.92. The Balaban J connectivity index is 1.05. The minimum atomic E-state index is 0.928. The van der Waals surface area contributed by atoms with Crippen LogP contribution in [-0.2, 0) is 0 Å². The zero-order valence-corrected chi connectivity index (χ0v) is 29.9. The Hall–Kier alpha value is -7.22. The Morgan fingerprint density at radius 2 is 0.745 bits per heavy atom. The molecule has 0 aliphatic heterocycles. The van der Waals surface area contributed by atoms with Crippen LogP contribution in [-0.4, -0.2) is 0 Å². The van der Waals surface area contributed by atoms with Crippen LogP contribution in [0.4, 0.5) is 0 Å². The highest BCUT2D eigenvalue weighted by molar-refractivity contribution is 6.25. The van der Waals surface area contributed by atoms with Crippen molar-refractivity contribution in [3.8, 4) is 33.4 Å². The lowest BCUT2D eigenvalue weighted by molar-refractivity contribution is 0.673. The summed E-state index contributed by atoms with van der Waals surface area (Å²) in [6, 6.07) is 71.2. The van der Waals surface area contributed by atoms with E-state index in [2.05, 4.69) is 194 Å². The first-order valence-electron chi connectivity index (χ1n) is 19.0. The molecule has 0 unspecified atom stereocenters. The monoisotopic (exact) mass is 696 g/mol. The largest absolute Gasteiger partial charge is 0.455 e. The first kappa shape index (κ1) is 30.3. The molecule has 0 fully saturated rings. The fourth-order valence-electron chi connectivity index (χ4n) is 9.26. The van der Waals surface area contributed by atoms with Crippen LogP contribution >= 0.6 is 0 Å². The minimum Gasteiger partial charge on any atom is -0.455 e. The van der Waals surface area contributed by atoms with Crippen LogP contribution < -0.4 is 0 Å². The molecule has 1 nitrogen and oxygen atoms in total. The van der Waals surface area contributed by atoms with E-state index in [4.69, 9.17) is 4.42 Å². The molecule has 0 saturated heterocycles. The van der Waals surface area contributed by atoms with Crippen LogP contribution in [0.15, 0.2) is 199 Å². The number of hydrogen-bond donors (Lipinski definition) is 0. The summed E-state index contributed by atoms with van der Waals surface area (Å²) in [4.78, 5) is 0. The molecule has 1 heteroatoms. The van der Waals surface area contributed by atoms with Crippen molar-refractivity contribution in [3.05, 3.63) is 194 Å². The van der Waals surface area contributed by atoms with Gasteiger partial charge in [-0.05, 0) is 129 Å². The van der Waals surface area contributed by atoms with Gasteiger partial charge < -0.3 is 4.42 Å². The van der Waals surface area contributed by atoms with Gasteiger partial charge in [-0.1, -0.05) is 158 Å². The van der Waals surface area contributed by atoms with E-state index in [1.165, 1.54) is 92.6 Å². The average Bonchev–Trinajstić information content (AvgIpc) is 3.61. The SMILES string of the molecule is c1ccc2cc(-c3c4ccccc4c(-c4ccc(-c5ccc6c(ccc7c8cc9ccccc9cc8oc67)c5)c5ccccc45)c4ccccc34)ccc2c1. The predicted octanol–water partition coefficient (Wildman–Crippen LogP) is 15.5. The molecule has 0 amide bonds. The summed E-state index contributed by atoms with van der Waals surface area (Å²) in [5, 5.41) is 17.1. The van der Waals surface area contributed by atoms with Crippen LogP contribution in [0.2, 0.25) is 0 Å². The maximum absolute atomic E-state index is 6.58. The standard InChI is InChI=1S/C54H32O/c1-2-12-34-29-39(22-21-33(34)11-1)52-44-17-7-9-19-46(44)53(47-20-10-8-18-45(47)52)48-28-27-40(42-15-5-6-16-43(42)48)37-23-25-41-38(30-37)24-26-49-50-31-35-13-3-4-14-36(35)32-51(50)55-54(41)49/h1-32H. The van der Waals surface area contributed by atoms with Crippen LogP contribution in [0.3, 0.4) is 0 Å². The van der Waals surface area contributed by atoms with Crippen LogP contribution in [0.5, 0.6) is 0 Å². The van der Waals surface area contributed by atoms with E-state index in [9.17, 15) is 0 Å². The first-order chi connectivity index (χ1) is 27.3. The van der Waals surface area contributed by atoms with E-state index >= 15 is 0 Å².